The molecule has 0 fully saturated rings. The van der Waals surface area contributed by atoms with E-state index in [1.54, 1.807) is 0 Å². The predicted octanol–water partition coefficient (Wildman–Crippen LogP) is 4.21. The second-order valence-electron chi connectivity index (χ2n) is 4.89. The fraction of sp³-hybridized carbons (Fsp3) is 0.250. The van der Waals surface area contributed by atoms with E-state index in [1.807, 2.05) is 62.4 Å². The molecule has 0 aliphatic heterocycles. The molecule has 0 saturated heterocycles. The first kappa shape index (κ1) is 13.3. The quantitative estimate of drug-likeness (QED) is 0.900. The SMILES string of the molecule is Cc1ccccc1C(C)(O)Cc1ccc(Br)cc1. The summed E-state index contributed by atoms with van der Waals surface area (Å²) in [5, 5.41) is 10.7. The minimum atomic E-state index is -0.834. The third-order valence-electron chi connectivity index (χ3n) is 3.19. The van der Waals surface area contributed by atoms with Crippen molar-refractivity contribution in [2.75, 3.05) is 0 Å². The van der Waals surface area contributed by atoms with E-state index in [1.165, 1.54) is 0 Å². The van der Waals surface area contributed by atoms with E-state index in [0.29, 0.717) is 6.42 Å². The first-order valence-corrected chi connectivity index (χ1v) is 6.81. The smallest absolute Gasteiger partial charge is 0.0911 e. The van der Waals surface area contributed by atoms with Gasteiger partial charge in [0.25, 0.3) is 0 Å². The van der Waals surface area contributed by atoms with Crippen LogP contribution >= 0.6 is 15.9 Å². The van der Waals surface area contributed by atoms with Crippen molar-refractivity contribution in [3.8, 4) is 0 Å². The van der Waals surface area contributed by atoms with Gasteiger partial charge in [0.1, 0.15) is 0 Å². The molecule has 0 aliphatic carbocycles. The highest BCUT2D eigenvalue weighted by Gasteiger charge is 2.24. The minimum absolute atomic E-state index is 0.616. The number of rotatable bonds is 3. The zero-order valence-electron chi connectivity index (χ0n) is 10.7. The molecule has 1 nitrogen and oxygen atoms in total. The van der Waals surface area contributed by atoms with Crippen LogP contribution in [-0.4, -0.2) is 5.11 Å². The summed E-state index contributed by atoms with van der Waals surface area (Å²) in [5.74, 6) is 0. The minimum Gasteiger partial charge on any atom is -0.385 e. The molecule has 0 saturated carbocycles. The molecule has 1 N–H and O–H groups in total. The Kier molecular flexibility index (Phi) is 3.88. The maximum atomic E-state index is 10.7. The molecule has 0 heterocycles. The molecule has 1 unspecified atom stereocenters. The van der Waals surface area contributed by atoms with E-state index in [9.17, 15) is 5.11 Å². The summed E-state index contributed by atoms with van der Waals surface area (Å²) in [7, 11) is 0. The average molecular weight is 305 g/mol. The lowest BCUT2D eigenvalue weighted by Crippen LogP contribution is -2.25. The largest absolute Gasteiger partial charge is 0.385 e. The van der Waals surface area contributed by atoms with E-state index in [4.69, 9.17) is 0 Å². The Hall–Kier alpha value is -1.12. The van der Waals surface area contributed by atoms with Gasteiger partial charge in [-0.25, -0.2) is 0 Å². The van der Waals surface area contributed by atoms with Gasteiger partial charge in [0.05, 0.1) is 5.60 Å². The highest BCUT2D eigenvalue weighted by molar-refractivity contribution is 9.10. The molecule has 94 valence electrons. The summed E-state index contributed by atoms with van der Waals surface area (Å²) in [4.78, 5) is 0. The van der Waals surface area contributed by atoms with Gasteiger partial charge in [-0.05, 0) is 42.7 Å². The molecule has 0 spiro atoms. The molecule has 0 amide bonds. The van der Waals surface area contributed by atoms with Crippen molar-refractivity contribution in [3.05, 3.63) is 69.7 Å². The second-order valence-corrected chi connectivity index (χ2v) is 5.81. The number of hydrogen-bond donors (Lipinski definition) is 1. The van der Waals surface area contributed by atoms with Crippen molar-refractivity contribution in [2.45, 2.75) is 25.9 Å². The molecule has 0 radical (unpaired) electrons. The summed E-state index contributed by atoms with van der Waals surface area (Å²) >= 11 is 3.42. The standard InChI is InChI=1S/C16H17BrO/c1-12-5-3-4-6-15(12)16(2,18)11-13-7-9-14(17)10-8-13/h3-10,18H,11H2,1-2H3. The number of halogens is 1. The highest BCUT2D eigenvalue weighted by Crippen LogP contribution is 2.28. The highest BCUT2D eigenvalue weighted by atomic mass is 79.9. The van der Waals surface area contributed by atoms with Crippen LogP contribution < -0.4 is 0 Å². The van der Waals surface area contributed by atoms with Crippen molar-refractivity contribution >= 4 is 15.9 Å². The Balaban J connectivity index is 2.27. The molecule has 0 bridgehead atoms. The van der Waals surface area contributed by atoms with Crippen LogP contribution in [0.5, 0.6) is 0 Å². The van der Waals surface area contributed by atoms with Crippen molar-refractivity contribution in [1.82, 2.24) is 0 Å². The van der Waals surface area contributed by atoms with Crippen LogP contribution in [0.4, 0.5) is 0 Å². The molecule has 2 rings (SSSR count). The molecule has 2 aromatic rings. The van der Waals surface area contributed by atoms with Gasteiger partial charge in [0, 0.05) is 10.9 Å². The molecule has 0 aliphatic rings. The Labute approximate surface area is 117 Å². The van der Waals surface area contributed by atoms with E-state index in [-0.39, 0.29) is 0 Å². The maximum Gasteiger partial charge on any atom is 0.0911 e. The van der Waals surface area contributed by atoms with Crippen LogP contribution in [0.15, 0.2) is 53.0 Å². The normalized spacial score (nSPS) is 14.2. The molecular weight excluding hydrogens is 288 g/mol. The monoisotopic (exact) mass is 304 g/mol. The number of hydrogen-bond acceptors (Lipinski definition) is 1. The third kappa shape index (κ3) is 3.01. The summed E-state index contributed by atoms with van der Waals surface area (Å²) in [6.07, 6.45) is 0.616. The predicted molar refractivity (Wildman–Crippen MR) is 78.6 cm³/mol. The molecule has 2 aromatic carbocycles. The lowest BCUT2D eigenvalue weighted by atomic mass is 9.86. The van der Waals surface area contributed by atoms with E-state index < -0.39 is 5.60 Å². The van der Waals surface area contributed by atoms with Crippen LogP contribution in [0.3, 0.4) is 0 Å². The van der Waals surface area contributed by atoms with Crippen LogP contribution in [0.2, 0.25) is 0 Å². The fourth-order valence-corrected chi connectivity index (χ4v) is 2.54. The van der Waals surface area contributed by atoms with Gasteiger partial charge < -0.3 is 5.11 Å². The third-order valence-corrected chi connectivity index (χ3v) is 3.72. The van der Waals surface area contributed by atoms with Gasteiger partial charge >= 0.3 is 0 Å². The van der Waals surface area contributed by atoms with Crippen LogP contribution in [0, 0.1) is 6.92 Å². The molecule has 0 aromatic heterocycles. The Morgan fingerprint density at radius 1 is 1.06 bits per heavy atom. The van der Waals surface area contributed by atoms with Gasteiger partial charge in [0.15, 0.2) is 0 Å². The van der Waals surface area contributed by atoms with Crippen molar-refractivity contribution in [2.24, 2.45) is 0 Å². The second kappa shape index (κ2) is 5.25. The maximum absolute atomic E-state index is 10.7. The van der Waals surface area contributed by atoms with E-state index >= 15 is 0 Å². The summed E-state index contributed by atoms with van der Waals surface area (Å²) in [6.45, 7) is 3.91. The lowest BCUT2D eigenvalue weighted by molar-refractivity contribution is 0.0570. The summed E-state index contributed by atoms with van der Waals surface area (Å²) in [6, 6.07) is 16.1. The first-order chi connectivity index (χ1) is 8.49. The van der Waals surface area contributed by atoms with Crippen LogP contribution in [0.25, 0.3) is 0 Å². The molecule has 18 heavy (non-hydrogen) atoms. The van der Waals surface area contributed by atoms with Gasteiger partial charge in [0.2, 0.25) is 0 Å². The Bertz CT molecular complexity index is 529. The number of benzene rings is 2. The average Bonchev–Trinajstić information content (AvgIpc) is 2.32. The van der Waals surface area contributed by atoms with Gasteiger partial charge in [-0.3, -0.25) is 0 Å². The van der Waals surface area contributed by atoms with Crippen molar-refractivity contribution in [3.63, 3.8) is 0 Å². The zero-order valence-corrected chi connectivity index (χ0v) is 12.2. The first-order valence-electron chi connectivity index (χ1n) is 6.02. The summed E-state index contributed by atoms with van der Waals surface area (Å²) in [5.41, 5.74) is 2.41. The zero-order chi connectivity index (χ0) is 13.2. The molecule has 2 heteroatoms. The lowest BCUT2D eigenvalue weighted by Gasteiger charge is -2.26. The van der Waals surface area contributed by atoms with Crippen LogP contribution in [0.1, 0.15) is 23.6 Å². The van der Waals surface area contributed by atoms with Crippen molar-refractivity contribution < 1.29 is 5.11 Å². The molecule has 1 atom stereocenters. The number of aryl methyl sites for hydroxylation is 1. The molecular formula is C16H17BrO. The Morgan fingerprint density at radius 2 is 1.67 bits per heavy atom. The van der Waals surface area contributed by atoms with Gasteiger partial charge in [-0.15, -0.1) is 0 Å². The summed E-state index contributed by atoms with van der Waals surface area (Å²) < 4.78 is 1.06. The van der Waals surface area contributed by atoms with E-state index in [2.05, 4.69) is 15.9 Å². The van der Waals surface area contributed by atoms with Gasteiger partial charge in [-0.2, -0.15) is 0 Å². The Morgan fingerprint density at radius 3 is 2.28 bits per heavy atom. The number of aliphatic hydroxyl groups is 1. The van der Waals surface area contributed by atoms with Crippen LogP contribution in [-0.2, 0) is 12.0 Å². The van der Waals surface area contributed by atoms with E-state index in [0.717, 1.165) is 21.2 Å². The topological polar surface area (TPSA) is 20.2 Å². The van der Waals surface area contributed by atoms with Crippen molar-refractivity contribution in [1.29, 1.82) is 0 Å². The van der Waals surface area contributed by atoms with Gasteiger partial charge in [-0.1, -0.05) is 52.3 Å². The fourth-order valence-electron chi connectivity index (χ4n) is 2.27.